The van der Waals surface area contributed by atoms with Gasteiger partial charge in [-0.1, -0.05) is 0 Å². The van der Waals surface area contributed by atoms with Crippen LogP contribution in [0.1, 0.15) is 0 Å². The normalized spacial score (nSPS) is 0. The minimum absolute atomic E-state index is 0. The van der Waals surface area contributed by atoms with Crippen molar-refractivity contribution in [1.82, 2.24) is 0 Å². The zero-order valence-corrected chi connectivity index (χ0v) is 7.60. The molecule has 0 amide bonds. The minimum Gasteiger partial charge on any atom is -2.00 e. The SMILES string of the molecule is [Cu+2].[Fe+2].[O-2].[O-2].[O-2].[Zn+2]. The molecule has 3 nitrogen and oxygen atoms in total. The Kier molecular flexibility index (Phi) is 1910. The Morgan fingerprint density at radius 2 is 0.667 bits per heavy atom. The van der Waals surface area contributed by atoms with Crippen LogP contribution in [0.5, 0.6) is 0 Å². The number of hydrogen-bond acceptors (Lipinski definition) is 0. The van der Waals surface area contributed by atoms with E-state index in [2.05, 4.69) is 0 Å². The Labute approximate surface area is 69.9 Å². The summed E-state index contributed by atoms with van der Waals surface area (Å²) >= 11 is 0. The van der Waals surface area contributed by atoms with Gasteiger partial charge in [0.15, 0.2) is 0 Å². The first kappa shape index (κ1) is 136. The van der Waals surface area contributed by atoms with Crippen molar-refractivity contribution in [2.75, 3.05) is 0 Å². The summed E-state index contributed by atoms with van der Waals surface area (Å²) in [7, 11) is 0. The van der Waals surface area contributed by atoms with Gasteiger partial charge < -0.3 is 16.4 Å². The van der Waals surface area contributed by atoms with Crippen molar-refractivity contribution < 1.29 is 70.0 Å². The molecule has 0 aromatic carbocycles. The van der Waals surface area contributed by atoms with Crippen molar-refractivity contribution >= 4 is 0 Å². The zero-order valence-electron chi connectivity index (χ0n) is 2.59. The van der Waals surface area contributed by atoms with E-state index in [0.29, 0.717) is 0 Å². The maximum atomic E-state index is 0. The van der Waals surface area contributed by atoms with Crippen molar-refractivity contribution in [2.24, 2.45) is 0 Å². The molecule has 0 saturated carbocycles. The zero-order chi connectivity index (χ0) is 0. The van der Waals surface area contributed by atoms with Crippen LogP contribution in [0.3, 0.4) is 0 Å². The third-order valence-corrected chi connectivity index (χ3v) is 0. The first-order valence-electron chi connectivity index (χ1n) is 0. The van der Waals surface area contributed by atoms with Crippen LogP contribution in [0.4, 0.5) is 0 Å². The molecule has 0 aromatic heterocycles. The van der Waals surface area contributed by atoms with Gasteiger partial charge in [0.25, 0.3) is 0 Å². The summed E-state index contributed by atoms with van der Waals surface area (Å²) in [4.78, 5) is 0. The molecule has 0 atom stereocenters. The predicted octanol–water partition coefficient (Wildman–Crippen LogP) is -0.364. The maximum Gasteiger partial charge on any atom is 2.00 e. The Balaban J connectivity index is 0. The van der Waals surface area contributed by atoms with Gasteiger partial charge in [0.2, 0.25) is 0 Å². The van der Waals surface area contributed by atoms with Gasteiger partial charge in [-0.2, -0.15) is 0 Å². The smallest absolute Gasteiger partial charge is 2.00 e. The molecular weight excluding hydrogens is 233 g/mol. The van der Waals surface area contributed by atoms with E-state index in [1.165, 1.54) is 0 Å². The first-order chi connectivity index (χ1) is 0. The number of rotatable bonds is 0. The molecule has 6 heteroatoms. The third kappa shape index (κ3) is 48.1. The second kappa shape index (κ2) is 84.5. The Morgan fingerprint density at radius 1 is 0.667 bits per heavy atom. The molecule has 1 radical (unpaired) electrons. The van der Waals surface area contributed by atoms with Gasteiger partial charge in [0, 0.05) is 0 Å². The number of hydrogen-bond donors (Lipinski definition) is 0. The first-order valence-corrected chi connectivity index (χ1v) is 0. The van der Waals surface area contributed by atoms with E-state index in [4.69, 9.17) is 0 Å². The van der Waals surface area contributed by atoms with E-state index < -0.39 is 0 Å². The van der Waals surface area contributed by atoms with Gasteiger partial charge in [-0.3, -0.25) is 0 Å². The fourth-order valence-electron chi connectivity index (χ4n) is 0. The van der Waals surface area contributed by atoms with Gasteiger partial charge in [0.1, 0.15) is 0 Å². The minimum atomic E-state index is 0. The molecule has 39 valence electrons. The van der Waals surface area contributed by atoms with Crippen LogP contribution in [0, 0.1) is 0 Å². The van der Waals surface area contributed by atoms with E-state index in [-0.39, 0.29) is 70.0 Å². The monoisotopic (exact) mass is 231 g/mol. The Bertz CT molecular complexity index is 10.8. The predicted molar refractivity (Wildman–Crippen MR) is 2.06 cm³/mol. The van der Waals surface area contributed by atoms with E-state index >= 15 is 0 Å². The summed E-state index contributed by atoms with van der Waals surface area (Å²) in [6.07, 6.45) is 0. The van der Waals surface area contributed by atoms with Crippen LogP contribution in [0.25, 0.3) is 0 Å². The van der Waals surface area contributed by atoms with E-state index in [1.807, 2.05) is 0 Å². The quantitative estimate of drug-likeness (QED) is 0.511. The Hall–Kier alpha value is 1.54. The fraction of sp³-hybridized carbons (Fsp3) is 0. The van der Waals surface area contributed by atoms with Gasteiger partial charge >= 0.3 is 53.6 Å². The maximum absolute atomic E-state index is 0. The average molecular weight is 233 g/mol. The molecule has 6 heavy (non-hydrogen) atoms. The second-order valence-corrected chi connectivity index (χ2v) is 0. The van der Waals surface area contributed by atoms with Crippen molar-refractivity contribution in [2.45, 2.75) is 0 Å². The topological polar surface area (TPSA) is 85.5 Å². The van der Waals surface area contributed by atoms with Gasteiger partial charge in [0.05, 0.1) is 0 Å². The van der Waals surface area contributed by atoms with Crippen LogP contribution in [0.2, 0.25) is 0 Å². The second-order valence-electron chi connectivity index (χ2n) is 0. The molecule has 0 aliphatic heterocycles. The van der Waals surface area contributed by atoms with Gasteiger partial charge in [-0.25, -0.2) is 0 Å². The summed E-state index contributed by atoms with van der Waals surface area (Å²) < 4.78 is 0. The van der Waals surface area contributed by atoms with Crippen LogP contribution in [-0.4, -0.2) is 0 Å². The average Bonchev–Trinajstić information content (AvgIpc) is 0. The van der Waals surface area contributed by atoms with Crippen molar-refractivity contribution in [3.8, 4) is 0 Å². The fourth-order valence-corrected chi connectivity index (χ4v) is 0. The largest absolute Gasteiger partial charge is 2.00 e. The summed E-state index contributed by atoms with van der Waals surface area (Å²) in [5.74, 6) is 0. The summed E-state index contributed by atoms with van der Waals surface area (Å²) in [5.41, 5.74) is 0. The van der Waals surface area contributed by atoms with Gasteiger partial charge in [-0.05, 0) is 0 Å². The van der Waals surface area contributed by atoms with Crippen molar-refractivity contribution in [3.63, 3.8) is 0 Å². The molecule has 0 bridgehead atoms. The Morgan fingerprint density at radius 3 is 0.667 bits per heavy atom. The van der Waals surface area contributed by atoms with Crippen LogP contribution in [-0.2, 0) is 70.0 Å². The molecule has 0 saturated heterocycles. The van der Waals surface area contributed by atoms with E-state index in [9.17, 15) is 0 Å². The molecule has 0 aromatic rings. The molecule has 0 aliphatic carbocycles. The van der Waals surface area contributed by atoms with Crippen LogP contribution >= 0.6 is 0 Å². The molecule has 0 fully saturated rings. The standard InChI is InChI=1S/Cu.Fe.3O.Zn/q2*+2;3*-2;+2. The molecule has 0 aliphatic rings. The third-order valence-electron chi connectivity index (χ3n) is 0. The van der Waals surface area contributed by atoms with Crippen molar-refractivity contribution in [1.29, 1.82) is 0 Å². The molecule has 0 spiro atoms. The summed E-state index contributed by atoms with van der Waals surface area (Å²) in [6.45, 7) is 0. The molecule has 0 rings (SSSR count). The van der Waals surface area contributed by atoms with E-state index in [0.717, 1.165) is 0 Å². The molecular formula is CuFeO3Zn. The summed E-state index contributed by atoms with van der Waals surface area (Å²) in [5, 5.41) is 0. The van der Waals surface area contributed by atoms with Gasteiger partial charge in [-0.15, -0.1) is 0 Å². The van der Waals surface area contributed by atoms with E-state index in [1.54, 1.807) is 0 Å². The molecule has 0 heterocycles. The van der Waals surface area contributed by atoms with Crippen LogP contribution in [0.15, 0.2) is 0 Å². The van der Waals surface area contributed by atoms with Crippen molar-refractivity contribution in [3.05, 3.63) is 0 Å². The molecule has 0 unspecified atom stereocenters. The molecule has 0 N–H and O–H groups in total. The summed E-state index contributed by atoms with van der Waals surface area (Å²) in [6, 6.07) is 0. The van der Waals surface area contributed by atoms with Crippen LogP contribution < -0.4 is 0 Å².